The number of aliphatic carboxylic acids is 1. The molecule has 0 aliphatic carbocycles. The van der Waals surface area contributed by atoms with Gasteiger partial charge in [-0.05, 0) is 19.3 Å². The number of hydrogen-bond donors (Lipinski definition) is 2. The summed E-state index contributed by atoms with van der Waals surface area (Å²) in [5.41, 5.74) is 0. The van der Waals surface area contributed by atoms with Gasteiger partial charge in [0.2, 0.25) is 5.91 Å². The monoisotopic (exact) mass is 473 g/mol. The molecule has 0 aliphatic rings. The maximum atomic E-state index is 11.8. The van der Waals surface area contributed by atoms with Gasteiger partial charge in [0.1, 0.15) is 0 Å². The first-order chi connectivity index (χ1) is 16.2. The van der Waals surface area contributed by atoms with Crippen molar-refractivity contribution in [3.05, 3.63) is 0 Å². The van der Waals surface area contributed by atoms with E-state index in [4.69, 9.17) is 19.3 Å². The molecule has 0 saturated carbocycles. The van der Waals surface area contributed by atoms with Crippen molar-refractivity contribution in [1.29, 1.82) is 0 Å². The quantitative estimate of drug-likeness (QED) is 0.153. The maximum absolute atomic E-state index is 11.8. The lowest BCUT2D eigenvalue weighted by Gasteiger charge is -2.07. The van der Waals surface area contributed by atoms with Gasteiger partial charge in [-0.1, -0.05) is 77.0 Å². The van der Waals surface area contributed by atoms with Crippen molar-refractivity contribution in [1.82, 2.24) is 5.32 Å². The van der Waals surface area contributed by atoms with Gasteiger partial charge in [-0.15, -0.1) is 0 Å². The maximum Gasteiger partial charge on any atom is 0.303 e. The number of carbonyl (C=O) groups excluding carboxylic acids is 1. The van der Waals surface area contributed by atoms with Gasteiger partial charge in [0, 0.05) is 33.1 Å². The number of hydrogen-bond acceptors (Lipinski definition) is 5. The number of ether oxygens (including phenoxy) is 3. The second-order valence-electron chi connectivity index (χ2n) is 8.76. The van der Waals surface area contributed by atoms with Crippen molar-refractivity contribution in [2.24, 2.45) is 0 Å². The largest absolute Gasteiger partial charge is 0.481 e. The number of unbranched alkanes of at least 4 members (excludes halogenated alkanes) is 13. The van der Waals surface area contributed by atoms with Gasteiger partial charge in [0.15, 0.2) is 0 Å². The zero-order valence-electron chi connectivity index (χ0n) is 21.3. The number of rotatable bonds is 27. The molecule has 0 heterocycles. The molecule has 0 rings (SSSR count). The lowest BCUT2D eigenvalue weighted by Crippen LogP contribution is -2.25. The minimum atomic E-state index is -0.676. The molecular formula is C26H51NO6. The Labute approximate surface area is 202 Å². The first-order valence-corrected chi connectivity index (χ1v) is 13.3. The Bertz CT molecular complexity index is 433. The predicted molar refractivity (Wildman–Crippen MR) is 133 cm³/mol. The third-order valence-corrected chi connectivity index (χ3v) is 5.64. The van der Waals surface area contributed by atoms with Gasteiger partial charge in [0.05, 0.1) is 26.4 Å². The molecule has 0 aliphatic heterocycles. The Morgan fingerprint density at radius 2 is 1.00 bits per heavy atom. The second kappa shape index (κ2) is 27.1. The Hall–Kier alpha value is -1.18. The Kier molecular flexibility index (Phi) is 26.1. The summed E-state index contributed by atoms with van der Waals surface area (Å²) < 4.78 is 15.7. The van der Waals surface area contributed by atoms with E-state index in [-0.39, 0.29) is 5.91 Å². The fourth-order valence-electron chi connectivity index (χ4n) is 3.64. The molecule has 0 saturated heterocycles. The fraction of sp³-hybridized carbons (Fsp3) is 0.923. The second-order valence-corrected chi connectivity index (χ2v) is 8.76. The molecule has 7 nitrogen and oxygen atoms in total. The summed E-state index contributed by atoms with van der Waals surface area (Å²) in [5.74, 6) is -0.523. The molecule has 0 radical (unpaired) electrons. The molecule has 0 aromatic carbocycles. The van der Waals surface area contributed by atoms with Crippen molar-refractivity contribution in [2.75, 3.05) is 46.7 Å². The Morgan fingerprint density at radius 3 is 1.48 bits per heavy atom. The number of carboxylic acids is 1. The lowest BCUT2D eigenvalue weighted by molar-refractivity contribution is -0.137. The summed E-state index contributed by atoms with van der Waals surface area (Å²) in [6.45, 7) is 3.67. The van der Waals surface area contributed by atoms with Crippen LogP contribution < -0.4 is 5.32 Å². The van der Waals surface area contributed by atoms with E-state index in [0.717, 1.165) is 32.1 Å². The van der Waals surface area contributed by atoms with Crippen LogP contribution in [0.1, 0.15) is 109 Å². The molecule has 1 amide bonds. The van der Waals surface area contributed by atoms with E-state index in [9.17, 15) is 9.59 Å². The SMILES string of the molecule is COCCOCCOCCCNC(=O)CCCCCCCCCCCCCCCCC(=O)O. The first kappa shape index (κ1) is 31.8. The zero-order chi connectivity index (χ0) is 24.2. The molecule has 196 valence electrons. The van der Waals surface area contributed by atoms with Crippen LogP contribution in [0.2, 0.25) is 0 Å². The molecule has 0 aromatic rings. The summed E-state index contributed by atoms with van der Waals surface area (Å²) in [6, 6.07) is 0. The van der Waals surface area contributed by atoms with Crippen LogP contribution in [0.4, 0.5) is 0 Å². The zero-order valence-corrected chi connectivity index (χ0v) is 21.3. The Morgan fingerprint density at radius 1 is 0.576 bits per heavy atom. The summed E-state index contributed by atoms with van der Waals surface area (Å²) in [5, 5.41) is 11.6. The van der Waals surface area contributed by atoms with Gasteiger partial charge in [-0.25, -0.2) is 0 Å². The molecular weight excluding hydrogens is 422 g/mol. The van der Waals surface area contributed by atoms with Gasteiger partial charge in [-0.2, -0.15) is 0 Å². The van der Waals surface area contributed by atoms with Gasteiger partial charge < -0.3 is 24.6 Å². The van der Waals surface area contributed by atoms with E-state index >= 15 is 0 Å². The van der Waals surface area contributed by atoms with E-state index in [1.54, 1.807) is 7.11 Å². The number of carbonyl (C=O) groups is 2. The average molecular weight is 474 g/mol. The van der Waals surface area contributed by atoms with Crippen LogP contribution in [0, 0.1) is 0 Å². The molecule has 0 aromatic heterocycles. The van der Waals surface area contributed by atoms with E-state index in [1.807, 2.05) is 0 Å². The molecule has 0 spiro atoms. The minimum absolute atomic E-state index is 0.153. The predicted octanol–water partition coefficient (Wildman–Crippen LogP) is 5.50. The summed E-state index contributed by atoms with van der Waals surface area (Å²) in [6.07, 6.45) is 18.5. The van der Waals surface area contributed by atoms with Crippen LogP contribution in [0.5, 0.6) is 0 Å². The molecule has 33 heavy (non-hydrogen) atoms. The molecule has 0 fully saturated rings. The smallest absolute Gasteiger partial charge is 0.303 e. The number of amides is 1. The van der Waals surface area contributed by atoms with Crippen molar-refractivity contribution >= 4 is 11.9 Å². The normalized spacial score (nSPS) is 11.1. The number of carboxylic acid groups (broad SMARTS) is 1. The standard InChI is InChI=1S/C26H51NO6/c1-31-21-22-33-24-23-32-20-16-19-27-25(28)17-14-12-10-8-6-4-2-3-5-7-9-11-13-15-18-26(29)30/h2-24H2,1H3,(H,27,28)(H,29,30). The van der Waals surface area contributed by atoms with Crippen LogP contribution >= 0.6 is 0 Å². The van der Waals surface area contributed by atoms with Gasteiger partial charge in [-0.3, -0.25) is 9.59 Å². The van der Waals surface area contributed by atoms with Crippen LogP contribution in [0.25, 0.3) is 0 Å². The molecule has 0 atom stereocenters. The highest BCUT2D eigenvalue weighted by Gasteiger charge is 2.01. The van der Waals surface area contributed by atoms with E-state index in [0.29, 0.717) is 52.4 Å². The molecule has 0 bridgehead atoms. The highest BCUT2D eigenvalue weighted by molar-refractivity contribution is 5.75. The minimum Gasteiger partial charge on any atom is -0.481 e. The highest BCUT2D eigenvalue weighted by atomic mass is 16.5. The Balaban J connectivity index is 3.15. The topological polar surface area (TPSA) is 94.1 Å². The van der Waals surface area contributed by atoms with Gasteiger partial charge >= 0.3 is 5.97 Å². The number of methoxy groups -OCH3 is 1. The fourth-order valence-corrected chi connectivity index (χ4v) is 3.64. The van der Waals surface area contributed by atoms with Crippen molar-refractivity contribution < 1.29 is 28.9 Å². The summed E-state index contributed by atoms with van der Waals surface area (Å²) in [7, 11) is 1.65. The molecule has 7 heteroatoms. The van der Waals surface area contributed by atoms with E-state index < -0.39 is 5.97 Å². The van der Waals surface area contributed by atoms with Crippen LogP contribution in [-0.2, 0) is 23.8 Å². The average Bonchev–Trinajstić information content (AvgIpc) is 2.79. The highest BCUT2D eigenvalue weighted by Crippen LogP contribution is 2.13. The van der Waals surface area contributed by atoms with Crippen molar-refractivity contribution in [3.8, 4) is 0 Å². The van der Waals surface area contributed by atoms with Crippen LogP contribution in [-0.4, -0.2) is 63.7 Å². The third-order valence-electron chi connectivity index (χ3n) is 5.64. The summed E-state index contributed by atoms with van der Waals surface area (Å²) in [4.78, 5) is 22.3. The van der Waals surface area contributed by atoms with Gasteiger partial charge in [0.25, 0.3) is 0 Å². The van der Waals surface area contributed by atoms with Crippen molar-refractivity contribution in [2.45, 2.75) is 109 Å². The lowest BCUT2D eigenvalue weighted by atomic mass is 10.0. The third kappa shape index (κ3) is 28.8. The molecule has 2 N–H and O–H groups in total. The first-order valence-electron chi connectivity index (χ1n) is 13.3. The van der Waals surface area contributed by atoms with Crippen LogP contribution in [0.15, 0.2) is 0 Å². The van der Waals surface area contributed by atoms with E-state index in [1.165, 1.54) is 64.2 Å². The van der Waals surface area contributed by atoms with E-state index in [2.05, 4.69) is 5.32 Å². The van der Waals surface area contributed by atoms with Crippen molar-refractivity contribution in [3.63, 3.8) is 0 Å². The number of nitrogens with one attached hydrogen (secondary N) is 1. The molecule has 0 unspecified atom stereocenters. The summed E-state index contributed by atoms with van der Waals surface area (Å²) >= 11 is 0. The van der Waals surface area contributed by atoms with Crippen LogP contribution in [0.3, 0.4) is 0 Å².